The van der Waals surface area contributed by atoms with Crippen LogP contribution in [0, 0.1) is 12.7 Å². The van der Waals surface area contributed by atoms with E-state index in [1.54, 1.807) is 19.2 Å². The number of aromatic amines is 1. The van der Waals surface area contributed by atoms with E-state index in [0.29, 0.717) is 11.1 Å². The normalized spacial score (nSPS) is 10.8. The number of aromatic nitrogens is 1. The number of carbonyl (C=O) groups excluding carboxylic acids is 1. The Balaban J connectivity index is 2.13. The largest absolute Gasteiger partial charge is 0.360 e. The molecular formula is C16H12FNO. The first-order valence-corrected chi connectivity index (χ1v) is 6.03. The highest BCUT2D eigenvalue weighted by Crippen LogP contribution is 2.21. The summed E-state index contributed by atoms with van der Waals surface area (Å²) in [4.78, 5) is 15.5. The molecule has 0 radical (unpaired) electrons. The quantitative estimate of drug-likeness (QED) is 0.691. The second-order valence-corrected chi connectivity index (χ2v) is 4.59. The molecule has 0 amide bonds. The van der Waals surface area contributed by atoms with Crippen LogP contribution in [-0.4, -0.2) is 10.8 Å². The number of hydrogen-bond acceptors (Lipinski definition) is 1. The molecule has 0 aliphatic heterocycles. The second kappa shape index (κ2) is 4.35. The van der Waals surface area contributed by atoms with Crippen molar-refractivity contribution in [3.05, 3.63) is 71.2 Å². The van der Waals surface area contributed by atoms with Gasteiger partial charge in [-0.3, -0.25) is 4.79 Å². The van der Waals surface area contributed by atoms with Crippen molar-refractivity contribution in [3.8, 4) is 0 Å². The van der Waals surface area contributed by atoms with Crippen molar-refractivity contribution in [1.82, 2.24) is 4.98 Å². The number of aryl methyl sites for hydroxylation is 1. The van der Waals surface area contributed by atoms with Crippen LogP contribution in [0.15, 0.2) is 48.7 Å². The van der Waals surface area contributed by atoms with Crippen molar-refractivity contribution in [1.29, 1.82) is 0 Å². The minimum atomic E-state index is -0.386. The minimum absolute atomic E-state index is 0.167. The number of hydrogen-bond donors (Lipinski definition) is 1. The molecule has 3 rings (SSSR count). The van der Waals surface area contributed by atoms with Gasteiger partial charge in [-0.05, 0) is 36.8 Å². The number of benzene rings is 2. The summed E-state index contributed by atoms with van der Waals surface area (Å²) < 4.78 is 13.4. The number of rotatable bonds is 2. The van der Waals surface area contributed by atoms with Crippen molar-refractivity contribution < 1.29 is 9.18 Å². The molecule has 0 unspecified atom stereocenters. The SMILES string of the molecule is Cc1cc(F)cc(C(=O)c2c[nH]c3ccccc23)c1. The van der Waals surface area contributed by atoms with Gasteiger partial charge in [0.2, 0.25) is 0 Å². The van der Waals surface area contributed by atoms with Gasteiger partial charge in [-0.25, -0.2) is 4.39 Å². The Labute approximate surface area is 109 Å². The molecule has 0 aliphatic carbocycles. The number of halogens is 1. The molecule has 1 aromatic heterocycles. The third kappa shape index (κ3) is 2.03. The average molecular weight is 253 g/mol. The molecule has 1 N–H and O–H groups in total. The van der Waals surface area contributed by atoms with Gasteiger partial charge >= 0.3 is 0 Å². The van der Waals surface area contributed by atoms with Crippen LogP contribution >= 0.6 is 0 Å². The number of para-hydroxylation sites is 1. The van der Waals surface area contributed by atoms with Crippen LogP contribution in [-0.2, 0) is 0 Å². The summed E-state index contributed by atoms with van der Waals surface area (Å²) in [6, 6.07) is 12.0. The first-order chi connectivity index (χ1) is 9.15. The third-order valence-electron chi connectivity index (χ3n) is 3.14. The highest BCUT2D eigenvalue weighted by Gasteiger charge is 2.14. The molecule has 3 aromatic rings. The fraction of sp³-hybridized carbons (Fsp3) is 0.0625. The fourth-order valence-electron chi connectivity index (χ4n) is 2.28. The lowest BCUT2D eigenvalue weighted by Crippen LogP contribution is -2.01. The number of carbonyl (C=O) groups is 1. The van der Waals surface area contributed by atoms with Gasteiger partial charge < -0.3 is 4.98 Å². The van der Waals surface area contributed by atoms with Gasteiger partial charge in [-0.1, -0.05) is 18.2 Å². The Bertz CT molecular complexity index is 753. The molecule has 3 heteroatoms. The van der Waals surface area contributed by atoms with Crippen molar-refractivity contribution in [2.24, 2.45) is 0 Å². The van der Waals surface area contributed by atoms with Crippen LogP contribution in [0.5, 0.6) is 0 Å². The van der Waals surface area contributed by atoms with Gasteiger partial charge in [0.1, 0.15) is 5.82 Å². The van der Waals surface area contributed by atoms with Gasteiger partial charge in [0.25, 0.3) is 0 Å². The van der Waals surface area contributed by atoms with E-state index in [1.807, 2.05) is 24.3 Å². The fourth-order valence-corrected chi connectivity index (χ4v) is 2.28. The van der Waals surface area contributed by atoms with Crippen LogP contribution in [0.4, 0.5) is 4.39 Å². The van der Waals surface area contributed by atoms with Gasteiger partial charge in [-0.2, -0.15) is 0 Å². The van der Waals surface area contributed by atoms with Gasteiger partial charge in [0, 0.05) is 28.2 Å². The Morgan fingerprint density at radius 2 is 1.95 bits per heavy atom. The molecule has 0 fully saturated rings. The van der Waals surface area contributed by atoms with E-state index in [9.17, 15) is 9.18 Å². The topological polar surface area (TPSA) is 32.9 Å². The summed E-state index contributed by atoms with van der Waals surface area (Å²) in [6.45, 7) is 1.77. The highest BCUT2D eigenvalue weighted by molar-refractivity contribution is 6.16. The number of H-pyrrole nitrogens is 1. The third-order valence-corrected chi connectivity index (χ3v) is 3.14. The van der Waals surface area contributed by atoms with Gasteiger partial charge in [0.15, 0.2) is 5.78 Å². The molecule has 2 nitrogen and oxygen atoms in total. The lowest BCUT2D eigenvalue weighted by Gasteiger charge is -2.02. The van der Waals surface area contributed by atoms with Crippen LogP contribution in [0.3, 0.4) is 0 Å². The summed E-state index contributed by atoms with van der Waals surface area (Å²) in [5, 5.41) is 0.856. The maximum atomic E-state index is 13.4. The molecular weight excluding hydrogens is 241 g/mol. The molecule has 2 aromatic carbocycles. The average Bonchev–Trinajstić information content (AvgIpc) is 2.80. The second-order valence-electron chi connectivity index (χ2n) is 4.59. The van der Waals surface area contributed by atoms with E-state index in [2.05, 4.69) is 4.98 Å². The van der Waals surface area contributed by atoms with Crippen molar-refractivity contribution in [2.75, 3.05) is 0 Å². The zero-order valence-electron chi connectivity index (χ0n) is 10.4. The molecule has 0 aliphatic rings. The molecule has 0 saturated carbocycles. The van der Waals surface area contributed by atoms with E-state index < -0.39 is 0 Å². The number of ketones is 1. The van der Waals surface area contributed by atoms with Gasteiger partial charge in [-0.15, -0.1) is 0 Å². The summed E-state index contributed by atoms with van der Waals surface area (Å²) in [5.74, 6) is -0.553. The molecule has 0 saturated heterocycles. The monoisotopic (exact) mass is 253 g/mol. The lowest BCUT2D eigenvalue weighted by atomic mass is 10.0. The summed E-state index contributed by atoms with van der Waals surface area (Å²) in [7, 11) is 0. The smallest absolute Gasteiger partial charge is 0.195 e. The van der Waals surface area contributed by atoms with E-state index in [1.165, 1.54) is 12.1 Å². The Morgan fingerprint density at radius 1 is 1.16 bits per heavy atom. The zero-order chi connectivity index (χ0) is 13.4. The molecule has 0 bridgehead atoms. The van der Waals surface area contributed by atoms with Crippen LogP contribution in [0.2, 0.25) is 0 Å². The van der Waals surface area contributed by atoms with Crippen molar-refractivity contribution >= 4 is 16.7 Å². The van der Waals surface area contributed by atoms with Crippen LogP contribution in [0.25, 0.3) is 10.9 Å². The summed E-state index contributed by atoms with van der Waals surface area (Å²) in [6.07, 6.45) is 1.67. The van der Waals surface area contributed by atoms with E-state index >= 15 is 0 Å². The van der Waals surface area contributed by atoms with Crippen LogP contribution < -0.4 is 0 Å². The lowest BCUT2D eigenvalue weighted by molar-refractivity contribution is 0.104. The maximum absolute atomic E-state index is 13.4. The zero-order valence-corrected chi connectivity index (χ0v) is 10.4. The molecule has 19 heavy (non-hydrogen) atoms. The molecule has 0 spiro atoms. The maximum Gasteiger partial charge on any atom is 0.195 e. The van der Waals surface area contributed by atoms with E-state index in [0.717, 1.165) is 16.5 Å². The standard InChI is InChI=1S/C16H12FNO/c1-10-6-11(8-12(17)7-10)16(19)14-9-18-15-5-3-2-4-13(14)15/h2-9,18H,1H3. The van der Waals surface area contributed by atoms with Crippen molar-refractivity contribution in [2.45, 2.75) is 6.92 Å². The van der Waals surface area contributed by atoms with Crippen molar-refractivity contribution in [3.63, 3.8) is 0 Å². The highest BCUT2D eigenvalue weighted by atomic mass is 19.1. The van der Waals surface area contributed by atoms with Crippen LogP contribution in [0.1, 0.15) is 21.5 Å². The number of fused-ring (bicyclic) bond motifs is 1. The van der Waals surface area contributed by atoms with E-state index in [4.69, 9.17) is 0 Å². The predicted molar refractivity (Wildman–Crippen MR) is 72.9 cm³/mol. The summed E-state index contributed by atoms with van der Waals surface area (Å²) >= 11 is 0. The first-order valence-electron chi connectivity index (χ1n) is 6.03. The Kier molecular flexibility index (Phi) is 2.67. The molecule has 94 valence electrons. The molecule has 1 heterocycles. The Morgan fingerprint density at radius 3 is 2.74 bits per heavy atom. The summed E-state index contributed by atoms with van der Waals surface area (Å²) in [5.41, 5.74) is 2.59. The van der Waals surface area contributed by atoms with E-state index in [-0.39, 0.29) is 11.6 Å². The molecule has 0 atom stereocenters. The minimum Gasteiger partial charge on any atom is -0.360 e. The van der Waals surface area contributed by atoms with Gasteiger partial charge in [0.05, 0.1) is 0 Å². The predicted octanol–water partition coefficient (Wildman–Crippen LogP) is 3.85. The number of nitrogens with one attached hydrogen (secondary N) is 1. The first kappa shape index (κ1) is 11.7. The Hall–Kier alpha value is -2.42.